The second-order valence-corrected chi connectivity index (χ2v) is 9.84. The normalized spacial score (nSPS) is 15.2. The number of hydrogen-bond donors (Lipinski definition) is 0. The van der Waals surface area contributed by atoms with Crippen molar-refractivity contribution in [1.82, 2.24) is 4.57 Å². The topological polar surface area (TPSA) is 117 Å². The Morgan fingerprint density at radius 2 is 1.95 bits per heavy atom. The molecular weight excluding hydrogens is 525 g/mol. The van der Waals surface area contributed by atoms with Crippen LogP contribution >= 0.6 is 11.3 Å². The fourth-order valence-electron chi connectivity index (χ4n) is 4.46. The second kappa shape index (κ2) is 10.3. The molecule has 0 saturated heterocycles. The lowest BCUT2D eigenvalue weighted by Gasteiger charge is -2.24. The molecule has 4 aromatic rings. The molecule has 0 amide bonds. The van der Waals surface area contributed by atoms with Crippen LogP contribution in [0.4, 0.5) is 10.1 Å². The first-order valence-corrected chi connectivity index (χ1v) is 12.8. The molecule has 3 heterocycles. The monoisotopic (exact) mass is 547 g/mol. The minimum absolute atomic E-state index is 0.0865. The van der Waals surface area contributed by atoms with Crippen LogP contribution in [0.2, 0.25) is 0 Å². The lowest BCUT2D eigenvalue weighted by Crippen LogP contribution is -2.39. The highest BCUT2D eigenvalue weighted by atomic mass is 32.1. The van der Waals surface area contributed by atoms with Gasteiger partial charge >= 0.3 is 5.97 Å². The minimum atomic E-state index is -0.870. The molecule has 0 fully saturated rings. The molecule has 198 valence electrons. The van der Waals surface area contributed by atoms with Gasteiger partial charge in [-0.3, -0.25) is 19.5 Å². The first-order chi connectivity index (χ1) is 18.7. The van der Waals surface area contributed by atoms with Crippen molar-refractivity contribution < 1.29 is 23.3 Å². The third-order valence-electron chi connectivity index (χ3n) is 6.22. The maximum Gasteiger partial charge on any atom is 0.338 e. The molecule has 0 aliphatic carbocycles. The van der Waals surface area contributed by atoms with Crippen molar-refractivity contribution in [3.8, 4) is 11.3 Å². The van der Waals surface area contributed by atoms with E-state index in [0.29, 0.717) is 27.4 Å². The predicted molar refractivity (Wildman–Crippen MR) is 142 cm³/mol. The molecule has 0 N–H and O–H groups in total. The van der Waals surface area contributed by atoms with Crippen LogP contribution in [0.3, 0.4) is 0 Å². The van der Waals surface area contributed by atoms with Crippen LogP contribution in [0.1, 0.15) is 36.8 Å². The number of furan rings is 1. The van der Waals surface area contributed by atoms with E-state index in [1.54, 1.807) is 45.0 Å². The van der Waals surface area contributed by atoms with E-state index in [-0.39, 0.29) is 28.2 Å². The number of carbonyl (C=O) groups is 1. The Kier molecular flexibility index (Phi) is 6.83. The average molecular weight is 548 g/mol. The van der Waals surface area contributed by atoms with Gasteiger partial charge < -0.3 is 9.15 Å². The Bertz CT molecular complexity index is 1830. The number of thiazole rings is 1. The van der Waals surface area contributed by atoms with Gasteiger partial charge in [-0.05, 0) is 62.2 Å². The van der Waals surface area contributed by atoms with E-state index in [9.17, 15) is 24.1 Å². The molecule has 39 heavy (non-hydrogen) atoms. The smallest absolute Gasteiger partial charge is 0.338 e. The van der Waals surface area contributed by atoms with E-state index in [0.717, 1.165) is 16.9 Å². The quantitative estimate of drug-likeness (QED) is 0.201. The zero-order valence-corrected chi connectivity index (χ0v) is 22.0. The van der Waals surface area contributed by atoms with Crippen molar-refractivity contribution in [3.63, 3.8) is 0 Å². The van der Waals surface area contributed by atoms with Gasteiger partial charge in [0.2, 0.25) is 0 Å². The largest absolute Gasteiger partial charge is 0.463 e. The molecule has 5 rings (SSSR count). The highest BCUT2D eigenvalue weighted by Crippen LogP contribution is 2.33. The van der Waals surface area contributed by atoms with Gasteiger partial charge in [0.25, 0.3) is 11.2 Å². The number of hydrogen-bond acceptors (Lipinski definition) is 8. The molecular formula is C28H22FN3O6S. The van der Waals surface area contributed by atoms with E-state index >= 15 is 0 Å². The molecule has 1 aliphatic heterocycles. The number of carbonyl (C=O) groups excluding carboxylic acids is 1. The summed E-state index contributed by atoms with van der Waals surface area (Å²) in [4.78, 5) is 42.5. The Morgan fingerprint density at radius 1 is 1.21 bits per heavy atom. The van der Waals surface area contributed by atoms with Gasteiger partial charge in [-0.2, -0.15) is 0 Å². The summed E-state index contributed by atoms with van der Waals surface area (Å²) < 4.78 is 26.5. The van der Waals surface area contributed by atoms with Crippen LogP contribution in [0.25, 0.3) is 17.4 Å². The summed E-state index contributed by atoms with van der Waals surface area (Å²) in [6.45, 7) is 5.24. The number of benzene rings is 2. The SMILES string of the molecule is CCOC(=O)C1=C(C)N=c2s/c(=C\c3ccc(-c4ccc(C)cc4[N+](=O)[O-])o3)c(=O)n2[C@@H]1c1ccc(F)cc1. The van der Waals surface area contributed by atoms with Gasteiger partial charge in [-0.15, -0.1) is 0 Å². The average Bonchev–Trinajstić information content (AvgIpc) is 3.48. The van der Waals surface area contributed by atoms with Gasteiger partial charge in [-0.25, -0.2) is 14.2 Å². The van der Waals surface area contributed by atoms with Crippen molar-refractivity contribution in [2.75, 3.05) is 6.61 Å². The molecule has 9 nitrogen and oxygen atoms in total. The summed E-state index contributed by atoms with van der Waals surface area (Å²) in [5.74, 6) is -0.472. The molecule has 2 aromatic carbocycles. The van der Waals surface area contributed by atoms with E-state index in [2.05, 4.69) is 4.99 Å². The van der Waals surface area contributed by atoms with Crippen LogP contribution in [0.15, 0.2) is 80.1 Å². The molecule has 0 spiro atoms. The van der Waals surface area contributed by atoms with Gasteiger partial charge in [-0.1, -0.05) is 29.5 Å². The van der Waals surface area contributed by atoms with Crippen LogP contribution in [-0.2, 0) is 9.53 Å². The summed E-state index contributed by atoms with van der Waals surface area (Å²) in [7, 11) is 0. The van der Waals surface area contributed by atoms with E-state index in [4.69, 9.17) is 9.15 Å². The first kappa shape index (κ1) is 26.0. The second-order valence-electron chi connectivity index (χ2n) is 8.83. The fraction of sp³-hybridized carbons (Fsp3) is 0.179. The first-order valence-electron chi connectivity index (χ1n) is 12.0. The maximum absolute atomic E-state index is 13.7. The summed E-state index contributed by atoms with van der Waals surface area (Å²) in [5.41, 5.74) is 1.65. The van der Waals surface area contributed by atoms with E-state index in [1.807, 2.05) is 0 Å². The molecule has 0 radical (unpaired) electrons. The number of halogens is 1. The zero-order valence-electron chi connectivity index (χ0n) is 21.1. The third-order valence-corrected chi connectivity index (χ3v) is 7.20. The number of rotatable bonds is 6. The summed E-state index contributed by atoms with van der Waals surface area (Å²) in [6, 6.07) is 12.7. The highest BCUT2D eigenvalue weighted by molar-refractivity contribution is 7.07. The zero-order chi connectivity index (χ0) is 27.8. The fourth-order valence-corrected chi connectivity index (χ4v) is 5.48. The van der Waals surface area contributed by atoms with Crippen molar-refractivity contribution in [3.05, 3.63) is 118 Å². The van der Waals surface area contributed by atoms with Crippen LogP contribution < -0.4 is 14.9 Å². The number of nitro benzene ring substituents is 1. The molecule has 1 aliphatic rings. The Labute approximate surface area is 225 Å². The Morgan fingerprint density at radius 3 is 2.64 bits per heavy atom. The maximum atomic E-state index is 13.7. The summed E-state index contributed by atoms with van der Waals surface area (Å²) in [5, 5.41) is 11.6. The lowest BCUT2D eigenvalue weighted by atomic mass is 9.96. The number of fused-ring (bicyclic) bond motifs is 1. The minimum Gasteiger partial charge on any atom is -0.463 e. The molecule has 0 saturated carbocycles. The number of ether oxygens (including phenoxy) is 1. The molecule has 0 bridgehead atoms. The van der Waals surface area contributed by atoms with Crippen molar-refractivity contribution in [1.29, 1.82) is 0 Å². The van der Waals surface area contributed by atoms with Crippen LogP contribution in [0, 0.1) is 22.9 Å². The summed E-state index contributed by atoms with van der Waals surface area (Å²) >= 11 is 1.10. The molecule has 0 unspecified atom stereocenters. The van der Waals surface area contributed by atoms with Gasteiger partial charge in [0.15, 0.2) is 4.80 Å². The van der Waals surface area contributed by atoms with Crippen molar-refractivity contribution >= 4 is 29.1 Å². The van der Waals surface area contributed by atoms with Crippen LogP contribution in [-0.4, -0.2) is 22.1 Å². The number of allylic oxidation sites excluding steroid dienone is 1. The van der Waals surface area contributed by atoms with Crippen molar-refractivity contribution in [2.24, 2.45) is 4.99 Å². The number of aromatic nitrogens is 1. The number of aryl methyl sites for hydroxylation is 1. The van der Waals surface area contributed by atoms with Gasteiger partial charge in [0.1, 0.15) is 17.3 Å². The third kappa shape index (κ3) is 4.84. The standard InChI is InChI=1S/C28H22FN3O6S/c1-4-37-27(34)24-16(3)30-28-31(25(24)17-6-8-18(29)9-7-17)26(33)23(39-28)14-19-10-12-22(38-19)20-11-5-15(2)13-21(20)32(35)36/h5-14,25H,4H2,1-3H3/b23-14-/t25-/m1/s1. The molecule has 1 atom stereocenters. The number of nitrogens with zero attached hydrogens (tertiary/aromatic N) is 3. The van der Waals surface area contributed by atoms with E-state index < -0.39 is 28.3 Å². The van der Waals surface area contributed by atoms with E-state index in [1.165, 1.54) is 41.0 Å². The van der Waals surface area contributed by atoms with Gasteiger partial charge in [0, 0.05) is 12.1 Å². The lowest BCUT2D eigenvalue weighted by molar-refractivity contribution is -0.384. The molecule has 2 aromatic heterocycles. The highest BCUT2D eigenvalue weighted by Gasteiger charge is 2.33. The number of esters is 1. The van der Waals surface area contributed by atoms with Crippen molar-refractivity contribution in [2.45, 2.75) is 26.8 Å². The Balaban J connectivity index is 1.63. The predicted octanol–water partition coefficient (Wildman–Crippen LogP) is 4.41. The van der Waals surface area contributed by atoms with Gasteiger partial charge in [0.05, 0.1) is 38.9 Å². The Hall–Kier alpha value is -4.64. The van der Waals surface area contributed by atoms with Crippen LogP contribution in [0.5, 0.6) is 0 Å². The molecule has 11 heteroatoms. The summed E-state index contributed by atoms with van der Waals surface area (Å²) in [6.07, 6.45) is 1.53. The number of nitro groups is 1.